The quantitative estimate of drug-likeness (QED) is 0.584. The van der Waals surface area contributed by atoms with E-state index in [0.717, 1.165) is 0 Å². The van der Waals surface area contributed by atoms with E-state index in [2.05, 4.69) is 10.5 Å². The average molecular weight is 367 g/mol. The molecule has 1 amide bonds. The minimum absolute atomic E-state index is 0.219. The molecule has 0 aromatic heterocycles. The van der Waals surface area contributed by atoms with E-state index in [4.69, 9.17) is 32.8 Å². The van der Waals surface area contributed by atoms with E-state index < -0.39 is 0 Å². The van der Waals surface area contributed by atoms with Crippen LogP contribution in [0.25, 0.3) is 0 Å². The molecule has 0 fully saturated rings. The lowest BCUT2D eigenvalue weighted by atomic mass is 10.2. The molecule has 0 aliphatic carbocycles. The van der Waals surface area contributed by atoms with E-state index in [-0.39, 0.29) is 12.5 Å². The molecule has 0 atom stereocenters. The summed E-state index contributed by atoms with van der Waals surface area (Å²) in [4.78, 5) is 16.7. The number of benzene rings is 2. The fourth-order valence-electron chi connectivity index (χ4n) is 1.83. The molecule has 2 aromatic rings. The lowest BCUT2D eigenvalue weighted by Crippen LogP contribution is -2.16. The predicted molar refractivity (Wildman–Crippen MR) is 96.2 cm³/mol. The van der Waals surface area contributed by atoms with Crippen molar-refractivity contribution in [2.45, 2.75) is 6.92 Å². The molecule has 2 aromatic carbocycles. The fraction of sp³-hybridized carbons (Fsp3) is 0.176. The van der Waals surface area contributed by atoms with E-state index in [1.807, 2.05) is 6.92 Å². The Morgan fingerprint density at radius 1 is 1.17 bits per heavy atom. The Balaban J connectivity index is 1.87. The lowest BCUT2D eigenvalue weighted by Gasteiger charge is -2.07. The number of rotatable bonds is 7. The maximum absolute atomic E-state index is 11.7. The number of carbonyl (C=O) groups excluding carboxylic acids is 1. The number of oxime groups is 1. The van der Waals surface area contributed by atoms with Gasteiger partial charge in [0, 0.05) is 21.3 Å². The van der Waals surface area contributed by atoms with Gasteiger partial charge in [0.2, 0.25) is 0 Å². The molecule has 7 heteroatoms. The molecule has 126 valence electrons. The number of halogens is 2. The Morgan fingerprint density at radius 2 is 1.88 bits per heavy atom. The fourth-order valence-corrected chi connectivity index (χ4v) is 2.13. The van der Waals surface area contributed by atoms with Crippen molar-refractivity contribution < 1.29 is 14.4 Å². The molecule has 5 nitrogen and oxygen atoms in total. The summed E-state index contributed by atoms with van der Waals surface area (Å²) in [6.07, 6.45) is 1.45. The zero-order valence-electron chi connectivity index (χ0n) is 13.0. The molecular weight excluding hydrogens is 351 g/mol. The van der Waals surface area contributed by atoms with Crippen molar-refractivity contribution in [2.75, 3.05) is 18.5 Å². The molecule has 2 rings (SSSR count). The summed E-state index contributed by atoms with van der Waals surface area (Å²) in [6.45, 7) is 2.18. The molecule has 24 heavy (non-hydrogen) atoms. The molecule has 0 spiro atoms. The van der Waals surface area contributed by atoms with Crippen LogP contribution in [-0.4, -0.2) is 25.3 Å². The minimum Gasteiger partial charge on any atom is -0.493 e. The highest BCUT2D eigenvalue weighted by Gasteiger charge is 2.04. The first-order valence-corrected chi connectivity index (χ1v) is 7.97. The SMILES string of the molecule is CCOc1ccc(Cl)cc1C=NOCC(=O)Nc1ccc(Cl)cc1. The summed E-state index contributed by atoms with van der Waals surface area (Å²) >= 11 is 11.7. The summed E-state index contributed by atoms with van der Waals surface area (Å²) in [5, 5.41) is 7.60. The van der Waals surface area contributed by atoms with Crippen molar-refractivity contribution in [3.63, 3.8) is 0 Å². The maximum atomic E-state index is 11.7. The van der Waals surface area contributed by atoms with Crippen LogP contribution in [0.15, 0.2) is 47.6 Å². The third-order valence-electron chi connectivity index (χ3n) is 2.86. The van der Waals surface area contributed by atoms with Crippen LogP contribution in [0.1, 0.15) is 12.5 Å². The van der Waals surface area contributed by atoms with E-state index >= 15 is 0 Å². The molecule has 0 saturated heterocycles. The third kappa shape index (κ3) is 5.76. The Hall–Kier alpha value is -2.24. The molecule has 0 unspecified atom stereocenters. The van der Waals surface area contributed by atoms with Gasteiger partial charge < -0.3 is 14.9 Å². The average Bonchev–Trinajstić information content (AvgIpc) is 2.56. The summed E-state index contributed by atoms with van der Waals surface area (Å²) < 4.78 is 5.46. The highest BCUT2D eigenvalue weighted by Crippen LogP contribution is 2.21. The summed E-state index contributed by atoms with van der Waals surface area (Å²) in [7, 11) is 0. The van der Waals surface area contributed by atoms with Crippen molar-refractivity contribution in [1.29, 1.82) is 0 Å². The number of amides is 1. The maximum Gasteiger partial charge on any atom is 0.265 e. The summed E-state index contributed by atoms with van der Waals surface area (Å²) in [6, 6.07) is 11.9. The van der Waals surface area contributed by atoms with Crippen molar-refractivity contribution in [1.82, 2.24) is 0 Å². The highest BCUT2D eigenvalue weighted by molar-refractivity contribution is 6.31. The van der Waals surface area contributed by atoms with Crippen LogP contribution in [0.5, 0.6) is 5.75 Å². The van der Waals surface area contributed by atoms with E-state index in [9.17, 15) is 4.79 Å². The van der Waals surface area contributed by atoms with Crippen molar-refractivity contribution in [2.24, 2.45) is 5.16 Å². The van der Waals surface area contributed by atoms with Crippen LogP contribution >= 0.6 is 23.2 Å². The zero-order chi connectivity index (χ0) is 17.4. The van der Waals surface area contributed by atoms with Gasteiger partial charge in [-0.1, -0.05) is 28.4 Å². The predicted octanol–water partition coefficient (Wildman–Crippen LogP) is 4.38. The number of carbonyl (C=O) groups is 1. The van der Waals surface area contributed by atoms with Gasteiger partial charge >= 0.3 is 0 Å². The van der Waals surface area contributed by atoms with Gasteiger partial charge in [0.05, 0.1) is 12.8 Å². The van der Waals surface area contributed by atoms with Gasteiger partial charge in [0.25, 0.3) is 5.91 Å². The largest absolute Gasteiger partial charge is 0.493 e. The molecule has 0 heterocycles. The van der Waals surface area contributed by atoms with Crippen LogP contribution < -0.4 is 10.1 Å². The van der Waals surface area contributed by atoms with E-state index in [0.29, 0.717) is 33.7 Å². The van der Waals surface area contributed by atoms with Crippen LogP contribution in [-0.2, 0) is 9.63 Å². The second-order valence-corrected chi connectivity index (χ2v) is 5.55. The number of hydrogen-bond donors (Lipinski definition) is 1. The van der Waals surface area contributed by atoms with Crippen LogP contribution in [0.3, 0.4) is 0 Å². The monoisotopic (exact) mass is 366 g/mol. The molecular formula is C17H16Cl2N2O3. The van der Waals surface area contributed by atoms with Gasteiger partial charge in [-0.05, 0) is 49.4 Å². The van der Waals surface area contributed by atoms with Gasteiger partial charge in [-0.15, -0.1) is 0 Å². The van der Waals surface area contributed by atoms with Crippen molar-refractivity contribution >= 4 is 41.0 Å². The molecule has 1 N–H and O–H groups in total. The van der Waals surface area contributed by atoms with E-state index in [1.165, 1.54) is 6.21 Å². The molecule has 0 bridgehead atoms. The van der Waals surface area contributed by atoms with Gasteiger partial charge in [-0.3, -0.25) is 4.79 Å². The van der Waals surface area contributed by atoms with E-state index in [1.54, 1.807) is 42.5 Å². The number of nitrogens with one attached hydrogen (secondary N) is 1. The minimum atomic E-state index is -0.328. The van der Waals surface area contributed by atoms with Gasteiger partial charge in [-0.2, -0.15) is 0 Å². The topological polar surface area (TPSA) is 59.9 Å². The standard InChI is InChI=1S/C17H16Cl2N2O3/c1-2-23-16-8-5-14(19)9-12(16)10-20-24-11-17(22)21-15-6-3-13(18)4-7-15/h3-10H,2,11H2,1H3,(H,21,22). The number of hydrogen-bond acceptors (Lipinski definition) is 4. The Morgan fingerprint density at radius 3 is 2.58 bits per heavy atom. The smallest absolute Gasteiger partial charge is 0.265 e. The molecule has 0 aliphatic rings. The summed E-state index contributed by atoms with van der Waals surface area (Å²) in [5.74, 6) is 0.311. The Kier molecular flexibility index (Phi) is 6.90. The summed E-state index contributed by atoms with van der Waals surface area (Å²) in [5.41, 5.74) is 1.30. The number of nitrogens with zero attached hydrogens (tertiary/aromatic N) is 1. The Labute approximate surface area is 150 Å². The van der Waals surface area contributed by atoms with Crippen LogP contribution in [0.4, 0.5) is 5.69 Å². The first kappa shape index (κ1) is 18.1. The normalized spacial score (nSPS) is 10.6. The molecule has 0 saturated carbocycles. The first-order valence-electron chi connectivity index (χ1n) is 7.21. The second-order valence-electron chi connectivity index (χ2n) is 4.68. The molecule has 0 radical (unpaired) electrons. The van der Waals surface area contributed by atoms with Crippen LogP contribution in [0.2, 0.25) is 10.0 Å². The van der Waals surface area contributed by atoms with Gasteiger partial charge in [-0.25, -0.2) is 0 Å². The lowest BCUT2D eigenvalue weighted by molar-refractivity contribution is -0.120. The number of ether oxygens (including phenoxy) is 1. The second kappa shape index (κ2) is 9.15. The molecule has 0 aliphatic heterocycles. The first-order chi connectivity index (χ1) is 11.6. The number of anilines is 1. The van der Waals surface area contributed by atoms with Crippen molar-refractivity contribution in [3.05, 3.63) is 58.1 Å². The highest BCUT2D eigenvalue weighted by atomic mass is 35.5. The van der Waals surface area contributed by atoms with Crippen molar-refractivity contribution in [3.8, 4) is 5.75 Å². The van der Waals surface area contributed by atoms with Gasteiger partial charge in [0.15, 0.2) is 6.61 Å². The van der Waals surface area contributed by atoms with Gasteiger partial charge in [0.1, 0.15) is 5.75 Å². The Bertz CT molecular complexity index is 718. The van der Waals surface area contributed by atoms with Crippen LogP contribution in [0, 0.1) is 0 Å². The third-order valence-corrected chi connectivity index (χ3v) is 3.35. The zero-order valence-corrected chi connectivity index (χ0v) is 14.5.